The zero-order chi connectivity index (χ0) is 15.6. The highest BCUT2D eigenvalue weighted by molar-refractivity contribution is 7.88. The first kappa shape index (κ1) is 15.9. The summed E-state index contributed by atoms with van der Waals surface area (Å²) in [6.45, 7) is 3.99. The monoisotopic (exact) mass is 325 g/mol. The highest BCUT2D eigenvalue weighted by atomic mass is 32.2. The van der Waals surface area contributed by atoms with Crippen LogP contribution in [0, 0.1) is 11.8 Å². The molecular weight excluding hydrogens is 302 g/mol. The van der Waals surface area contributed by atoms with Gasteiger partial charge in [-0.2, -0.15) is 0 Å². The Morgan fingerprint density at radius 2 is 2.32 bits per heavy atom. The van der Waals surface area contributed by atoms with Crippen molar-refractivity contribution in [2.75, 3.05) is 32.5 Å². The first-order chi connectivity index (χ1) is 10.5. The summed E-state index contributed by atoms with van der Waals surface area (Å²) < 4.78 is 30.8. The molecule has 1 N–H and O–H groups in total. The SMILES string of the molecule is CS(=O)(=O)NC[C@H]1OC[C@H]2CN(Cc3ccccn3)CC[C@H]21. The van der Waals surface area contributed by atoms with Crippen molar-refractivity contribution in [1.82, 2.24) is 14.6 Å². The van der Waals surface area contributed by atoms with Gasteiger partial charge in [-0.15, -0.1) is 0 Å². The van der Waals surface area contributed by atoms with Gasteiger partial charge in [-0.05, 0) is 31.0 Å². The number of pyridine rings is 1. The van der Waals surface area contributed by atoms with E-state index in [2.05, 4.69) is 20.7 Å². The fourth-order valence-electron chi connectivity index (χ4n) is 3.47. The van der Waals surface area contributed by atoms with Crippen LogP contribution in [0.2, 0.25) is 0 Å². The summed E-state index contributed by atoms with van der Waals surface area (Å²) in [6, 6.07) is 6.00. The van der Waals surface area contributed by atoms with Crippen molar-refractivity contribution in [3.05, 3.63) is 30.1 Å². The van der Waals surface area contributed by atoms with Crippen LogP contribution < -0.4 is 4.72 Å². The molecule has 3 rings (SSSR count). The first-order valence-corrected chi connectivity index (χ1v) is 9.59. The van der Waals surface area contributed by atoms with E-state index in [1.807, 2.05) is 18.3 Å². The van der Waals surface area contributed by atoms with Gasteiger partial charge >= 0.3 is 0 Å². The Hall–Kier alpha value is -1.02. The number of piperidine rings is 1. The van der Waals surface area contributed by atoms with Crippen molar-refractivity contribution in [2.45, 2.75) is 19.1 Å². The molecule has 1 aromatic heterocycles. The molecule has 3 heterocycles. The van der Waals surface area contributed by atoms with Crippen LogP contribution in [0.4, 0.5) is 0 Å². The third-order valence-corrected chi connectivity index (χ3v) is 5.23. The van der Waals surface area contributed by atoms with E-state index in [0.717, 1.165) is 38.4 Å². The topological polar surface area (TPSA) is 71.5 Å². The highest BCUT2D eigenvalue weighted by Gasteiger charge is 2.40. The number of nitrogens with zero attached hydrogens (tertiary/aromatic N) is 2. The second-order valence-electron chi connectivity index (χ2n) is 6.26. The fraction of sp³-hybridized carbons (Fsp3) is 0.667. The lowest BCUT2D eigenvalue weighted by atomic mass is 9.84. The van der Waals surface area contributed by atoms with Crippen molar-refractivity contribution in [1.29, 1.82) is 0 Å². The van der Waals surface area contributed by atoms with Crippen LogP contribution in [-0.4, -0.2) is 56.9 Å². The predicted molar refractivity (Wildman–Crippen MR) is 83.7 cm³/mol. The standard InChI is InChI=1S/C15H23N3O3S/c1-22(19,20)17-8-15-14-5-7-18(9-12(14)11-21-15)10-13-4-2-3-6-16-13/h2-4,6,12,14-15,17H,5,7-11H2,1H3/t12-,14-,15-/m1/s1. The van der Waals surface area contributed by atoms with E-state index in [1.54, 1.807) is 0 Å². The number of nitrogens with one attached hydrogen (secondary N) is 1. The summed E-state index contributed by atoms with van der Waals surface area (Å²) in [5, 5.41) is 0. The average Bonchev–Trinajstić information content (AvgIpc) is 2.88. The minimum atomic E-state index is -3.15. The summed E-state index contributed by atoms with van der Waals surface area (Å²) in [5.74, 6) is 0.943. The summed E-state index contributed by atoms with van der Waals surface area (Å²) >= 11 is 0. The van der Waals surface area contributed by atoms with Gasteiger partial charge < -0.3 is 4.74 Å². The van der Waals surface area contributed by atoms with E-state index in [0.29, 0.717) is 18.4 Å². The Kier molecular flexibility index (Phi) is 4.77. The van der Waals surface area contributed by atoms with Gasteiger partial charge in [-0.25, -0.2) is 13.1 Å². The summed E-state index contributed by atoms with van der Waals surface area (Å²) in [7, 11) is -3.15. The number of sulfonamides is 1. The molecule has 0 bridgehead atoms. The smallest absolute Gasteiger partial charge is 0.208 e. The minimum Gasteiger partial charge on any atom is -0.376 e. The molecule has 0 radical (unpaired) electrons. The van der Waals surface area contributed by atoms with Gasteiger partial charge in [0, 0.05) is 31.7 Å². The van der Waals surface area contributed by atoms with E-state index in [1.165, 1.54) is 6.26 Å². The molecule has 2 aliphatic heterocycles. The van der Waals surface area contributed by atoms with Crippen molar-refractivity contribution < 1.29 is 13.2 Å². The summed E-state index contributed by atoms with van der Waals surface area (Å²) in [5.41, 5.74) is 1.09. The highest BCUT2D eigenvalue weighted by Crippen LogP contribution is 2.34. The Labute approximate surface area is 131 Å². The third kappa shape index (κ3) is 4.04. The van der Waals surface area contributed by atoms with Crippen molar-refractivity contribution in [3.63, 3.8) is 0 Å². The second-order valence-corrected chi connectivity index (χ2v) is 8.09. The van der Waals surface area contributed by atoms with Gasteiger partial charge in [0.05, 0.1) is 24.7 Å². The van der Waals surface area contributed by atoms with Crippen LogP contribution in [0.25, 0.3) is 0 Å². The van der Waals surface area contributed by atoms with Crippen molar-refractivity contribution >= 4 is 10.0 Å². The molecule has 6 nitrogen and oxygen atoms in total. The van der Waals surface area contributed by atoms with Gasteiger partial charge in [0.2, 0.25) is 10.0 Å². The zero-order valence-corrected chi connectivity index (χ0v) is 13.6. The van der Waals surface area contributed by atoms with Crippen LogP contribution in [0.5, 0.6) is 0 Å². The maximum Gasteiger partial charge on any atom is 0.208 e. The number of hydrogen-bond acceptors (Lipinski definition) is 5. The number of aromatic nitrogens is 1. The number of fused-ring (bicyclic) bond motifs is 1. The summed E-state index contributed by atoms with van der Waals surface area (Å²) in [4.78, 5) is 6.80. The van der Waals surface area contributed by atoms with Crippen molar-refractivity contribution in [3.8, 4) is 0 Å². The van der Waals surface area contributed by atoms with Crippen LogP contribution in [0.15, 0.2) is 24.4 Å². The molecule has 0 spiro atoms. The molecule has 0 saturated carbocycles. The molecule has 3 atom stereocenters. The molecule has 0 aliphatic carbocycles. The number of rotatable bonds is 5. The van der Waals surface area contributed by atoms with Crippen LogP contribution in [0.1, 0.15) is 12.1 Å². The number of ether oxygens (including phenoxy) is 1. The van der Waals surface area contributed by atoms with Gasteiger partial charge in [0.25, 0.3) is 0 Å². The van der Waals surface area contributed by atoms with E-state index in [-0.39, 0.29) is 6.10 Å². The quantitative estimate of drug-likeness (QED) is 0.852. The molecule has 122 valence electrons. The molecule has 2 fully saturated rings. The van der Waals surface area contributed by atoms with Crippen LogP contribution in [0.3, 0.4) is 0 Å². The maximum atomic E-state index is 11.2. The zero-order valence-electron chi connectivity index (χ0n) is 12.8. The van der Waals surface area contributed by atoms with Gasteiger partial charge in [0.15, 0.2) is 0 Å². The second kappa shape index (κ2) is 6.62. The summed E-state index contributed by atoms with van der Waals surface area (Å²) in [6.07, 6.45) is 4.08. The molecule has 0 unspecified atom stereocenters. The lowest BCUT2D eigenvalue weighted by molar-refractivity contribution is 0.0884. The van der Waals surface area contributed by atoms with E-state index in [9.17, 15) is 8.42 Å². The Morgan fingerprint density at radius 3 is 3.05 bits per heavy atom. The molecular formula is C15H23N3O3S. The van der Waals surface area contributed by atoms with Gasteiger partial charge in [-0.1, -0.05) is 6.07 Å². The van der Waals surface area contributed by atoms with Crippen molar-refractivity contribution in [2.24, 2.45) is 11.8 Å². The lowest BCUT2D eigenvalue weighted by Gasteiger charge is -2.35. The lowest BCUT2D eigenvalue weighted by Crippen LogP contribution is -2.43. The fourth-order valence-corrected chi connectivity index (χ4v) is 3.94. The number of hydrogen-bond donors (Lipinski definition) is 1. The Bertz CT molecular complexity index is 593. The normalized spacial score (nSPS) is 29.4. The average molecular weight is 325 g/mol. The Morgan fingerprint density at radius 1 is 1.45 bits per heavy atom. The molecule has 0 aromatic carbocycles. The number of likely N-dealkylation sites (tertiary alicyclic amines) is 1. The molecule has 2 aliphatic rings. The third-order valence-electron chi connectivity index (χ3n) is 4.54. The van der Waals surface area contributed by atoms with Gasteiger partial charge in [-0.3, -0.25) is 9.88 Å². The van der Waals surface area contributed by atoms with E-state index in [4.69, 9.17) is 4.74 Å². The first-order valence-electron chi connectivity index (χ1n) is 7.70. The molecule has 2 saturated heterocycles. The Balaban J connectivity index is 1.53. The van der Waals surface area contributed by atoms with E-state index < -0.39 is 10.0 Å². The molecule has 0 amide bonds. The van der Waals surface area contributed by atoms with Crippen LogP contribution >= 0.6 is 0 Å². The predicted octanol–water partition coefficient (Wildman–Crippen LogP) is 0.468. The van der Waals surface area contributed by atoms with Crippen LogP contribution in [-0.2, 0) is 21.3 Å². The maximum absolute atomic E-state index is 11.2. The molecule has 22 heavy (non-hydrogen) atoms. The molecule has 1 aromatic rings. The largest absolute Gasteiger partial charge is 0.376 e. The van der Waals surface area contributed by atoms with Gasteiger partial charge in [0.1, 0.15) is 0 Å². The molecule has 7 heteroatoms. The van der Waals surface area contributed by atoms with E-state index >= 15 is 0 Å². The minimum absolute atomic E-state index is 0.0109.